The molecule has 2 amide bonds. The van der Waals surface area contributed by atoms with E-state index < -0.39 is 11.6 Å². The van der Waals surface area contributed by atoms with Crippen LogP contribution in [0.25, 0.3) is 0 Å². The summed E-state index contributed by atoms with van der Waals surface area (Å²) in [5.74, 6) is -1.02. The van der Waals surface area contributed by atoms with Crippen molar-refractivity contribution in [3.63, 3.8) is 0 Å². The number of ketones is 1. The predicted molar refractivity (Wildman–Crippen MR) is 98.5 cm³/mol. The second-order valence-electron chi connectivity index (χ2n) is 8.95. The van der Waals surface area contributed by atoms with Crippen LogP contribution in [0.5, 0.6) is 5.75 Å². The van der Waals surface area contributed by atoms with Gasteiger partial charge in [0.2, 0.25) is 0 Å². The summed E-state index contributed by atoms with van der Waals surface area (Å²) in [6, 6.07) is 3.35. The topological polar surface area (TPSA) is 59.1 Å². The highest BCUT2D eigenvalue weighted by Crippen LogP contribution is 2.50. The molecule has 0 aromatic heterocycles. The maximum Gasteiger partial charge on any atom is 0.320 e. The van der Waals surface area contributed by atoms with E-state index in [9.17, 15) is 18.4 Å². The smallest absolute Gasteiger partial charge is 0.320 e. The van der Waals surface area contributed by atoms with Crippen LogP contribution in [0.2, 0.25) is 0 Å². The predicted octanol–water partition coefficient (Wildman–Crippen LogP) is 2.61. The first-order chi connectivity index (χ1) is 13.9. The molecule has 0 unspecified atom stereocenters. The van der Waals surface area contributed by atoms with Gasteiger partial charge in [0.15, 0.2) is 17.3 Å². The second-order valence-corrected chi connectivity index (χ2v) is 8.95. The minimum absolute atomic E-state index is 0.0287. The third-order valence-corrected chi connectivity index (χ3v) is 6.71. The molecule has 0 bridgehead atoms. The van der Waals surface area contributed by atoms with Crippen molar-refractivity contribution in [1.82, 2.24) is 9.80 Å². The molecule has 8 heteroatoms. The van der Waals surface area contributed by atoms with Crippen LogP contribution >= 0.6 is 0 Å². The average Bonchev–Trinajstić information content (AvgIpc) is 2.63. The molecule has 4 fully saturated rings. The van der Waals surface area contributed by atoms with Crippen LogP contribution in [-0.4, -0.2) is 66.6 Å². The van der Waals surface area contributed by atoms with E-state index in [2.05, 4.69) is 0 Å². The Kier molecular flexibility index (Phi) is 4.49. The van der Waals surface area contributed by atoms with Gasteiger partial charge in [-0.1, -0.05) is 0 Å². The number of carbonyl (C=O) groups is 2. The number of piperidine rings is 1. The molecular weight excluding hydrogens is 382 g/mol. The van der Waals surface area contributed by atoms with Gasteiger partial charge < -0.3 is 19.3 Å². The minimum Gasteiger partial charge on any atom is -0.487 e. The van der Waals surface area contributed by atoms with E-state index in [1.807, 2.05) is 9.80 Å². The van der Waals surface area contributed by atoms with E-state index in [0.717, 1.165) is 25.3 Å². The Bertz CT molecular complexity index is 834. The van der Waals surface area contributed by atoms with Crippen molar-refractivity contribution in [2.45, 2.75) is 37.9 Å². The molecule has 1 aromatic carbocycles. The maximum absolute atomic E-state index is 13.7. The van der Waals surface area contributed by atoms with Crippen LogP contribution < -0.4 is 4.74 Å². The molecule has 3 aliphatic heterocycles. The molecule has 6 nitrogen and oxygen atoms in total. The standard InChI is InChI=1S/C21H24F2N2O4/c22-14-1-2-19(17(23)6-14)29-16-7-21(8-16)11-25(12-21)20(27)24-4-3-18-13(9-24)5-15(26)10-28-18/h1-2,6,13,16,18H,3-5,7-12H2/t13-,18+/m1/s1. The van der Waals surface area contributed by atoms with Gasteiger partial charge >= 0.3 is 6.03 Å². The number of urea groups is 1. The molecule has 2 atom stereocenters. The summed E-state index contributed by atoms with van der Waals surface area (Å²) in [7, 11) is 0. The Morgan fingerprint density at radius 2 is 2.00 bits per heavy atom. The number of nitrogens with zero attached hydrogens (tertiary/aromatic N) is 2. The van der Waals surface area contributed by atoms with Crippen molar-refractivity contribution in [1.29, 1.82) is 0 Å². The van der Waals surface area contributed by atoms with Gasteiger partial charge in [0.1, 0.15) is 18.5 Å². The van der Waals surface area contributed by atoms with Crippen molar-refractivity contribution < 1.29 is 27.8 Å². The maximum atomic E-state index is 13.7. The zero-order valence-electron chi connectivity index (χ0n) is 16.1. The largest absolute Gasteiger partial charge is 0.487 e. The van der Waals surface area contributed by atoms with Crippen molar-refractivity contribution in [3.05, 3.63) is 29.8 Å². The molecule has 3 saturated heterocycles. The van der Waals surface area contributed by atoms with Crippen molar-refractivity contribution in [3.8, 4) is 5.75 Å². The lowest BCUT2D eigenvalue weighted by Gasteiger charge is -2.59. The first-order valence-corrected chi connectivity index (χ1v) is 10.2. The molecule has 5 rings (SSSR count). The molecule has 4 aliphatic rings. The lowest BCUT2D eigenvalue weighted by atomic mass is 9.62. The van der Waals surface area contributed by atoms with E-state index in [0.29, 0.717) is 32.6 Å². The van der Waals surface area contributed by atoms with Gasteiger partial charge in [0.05, 0.1) is 6.10 Å². The van der Waals surface area contributed by atoms with Gasteiger partial charge in [-0.15, -0.1) is 0 Å². The summed E-state index contributed by atoms with van der Waals surface area (Å²) in [6.45, 7) is 2.80. The number of benzene rings is 1. The molecule has 1 aliphatic carbocycles. The number of ether oxygens (including phenoxy) is 2. The number of hydrogen-bond acceptors (Lipinski definition) is 4. The van der Waals surface area contributed by atoms with Gasteiger partial charge in [-0.2, -0.15) is 0 Å². The number of amides is 2. The Hall–Kier alpha value is -2.22. The number of hydrogen-bond donors (Lipinski definition) is 0. The number of halogens is 2. The molecule has 156 valence electrons. The van der Waals surface area contributed by atoms with Gasteiger partial charge in [-0.25, -0.2) is 13.6 Å². The van der Waals surface area contributed by atoms with Crippen LogP contribution in [0.1, 0.15) is 25.7 Å². The molecule has 1 aromatic rings. The summed E-state index contributed by atoms with van der Waals surface area (Å²) in [4.78, 5) is 28.1. The van der Waals surface area contributed by atoms with E-state index in [1.165, 1.54) is 12.1 Å². The fourth-order valence-corrected chi connectivity index (χ4v) is 5.25. The average molecular weight is 406 g/mol. The van der Waals surface area contributed by atoms with E-state index in [-0.39, 0.29) is 47.7 Å². The van der Waals surface area contributed by atoms with E-state index >= 15 is 0 Å². The summed E-state index contributed by atoms with van der Waals surface area (Å²) in [5.41, 5.74) is 0.0546. The summed E-state index contributed by atoms with van der Waals surface area (Å²) >= 11 is 0. The van der Waals surface area contributed by atoms with Crippen LogP contribution in [0, 0.1) is 23.0 Å². The normalized spacial score (nSPS) is 28.6. The quantitative estimate of drug-likeness (QED) is 0.758. The minimum atomic E-state index is -0.690. The van der Waals surface area contributed by atoms with Crippen molar-refractivity contribution in [2.75, 3.05) is 32.8 Å². The first-order valence-electron chi connectivity index (χ1n) is 10.2. The van der Waals surface area contributed by atoms with E-state index in [1.54, 1.807) is 0 Å². The Balaban J connectivity index is 1.10. The zero-order chi connectivity index (χ0) is 20.2. The summed E-state index contributed by atoms with van der Waals surface area (Å²) in [6.07, 6.45) is 2.80. The third kappa shape index (κ3) is 3.47. The second kappa shape index (κ2) is 6.93. The molecular formula is C21H24F2N2O4. The number of likely N-dealkylation sites (tertiary alicyclic amines) is 2. The molecule has 0 N–H and O–H groups in total. The monoisotopic (exact) mass is 406 g/mol. The Morgan fingerprint density at radius 3 is 2.76 bits per heavy atom. The summed E-state index contributed by atoms with van der Waals surface area (Å²) in [5, 5.41) is 0. The molecule has 3 heterocycles. The Morgan fingerprint density at radius 1 is 1.21 bits per heavy atom. The first kappa shape index (κ1) is 18.8. The fraction of sp³-hybridized carbons (Fsp3) is 0.619. The Labute approximate surface area is 167 Å². The van der Waals surface area contributed by atoms with Gasteiger partial charge in [-0.05, 0) is 31.4 Å². The highest BCUT2D eigenvalue weighted by molar-refractivity contribution is 5.81. The van der Waals surface area contributed by atoms with Crippen LogP contribution in [0.15, 0.2) is 18.2 Å². The lowest BCUT2D eigenvalue weighted by Crippen LogP contribution is -2.68. The molecule has 1 spiro atoms. The number of rotatable bonds is 2. The van der Waals surface area contributed by atoms with Crippen LogP contribution in [0.3, 0.4) is 0 Å². The molecule has 0 radical (unpaired) electrons. The summed E-state index contributed by atoms with van der Waals surface area (Å²) < 4.78 is 38.0. The zero-order valence-corrected chi connectivity index (χ0v) is 16.1. The van der Waals surface area contributed by atoms with Gasteiger partial charge in [-0.3, -0.25) is 4.79 Å². The third-order valence-electron chi connectivity index (χ3n) is 6.71. The van der Waals surface area contributed by atoms with Gasteiger partial charge in [0.25, 0.3) is 0 Å². The molecule has 1 saturated carbocycles. The SMILES string of the molecule is O=C1CO[C@H]2CCN(C(=O)N3CC4(CC(Oc5ccc(F)cc5F)C4)C3)C[C@H]2C1. The van der Waals surface area contributed by atoms with E-state index in [4.69, 9.17) is 9.47 Å². The molecule has 29 heavy (non-hydrogen) atoms. The highest BCUT2D eigenvalue weighted by Gasteiger charge is 2.55. The van der Waals surface area contributed by atoms with Crippen molar-refractivity contribution >= 4 is 11.8 Å². The van der Waals surface area contributed by atoms with Crippen LogP contribution in [-0.2, 0) is 9.53 Å². The van der Waals surface area contributed by atoms with Crippen LogP contribution in [0.4, 0.5) is 13.6 Å². The fourth-order valence-electron chi connectivity index (χ4n) is 5.25. The lowest BCUT2D eigenvalue weighted by molar-refractivity contribution is -0.140. The number of fused-ring (bicyclic) bond motifs is 1. The highest BCUT2D eigenvalue weighted by atomic mass is 19.1. The number of Topliss-reactive ketones (excluding diaryl/α,β-unsaturated/α-hetero) is 1. The van der Waals surface area contributed by atoms with Gasteiger partial charge in [0, 0.05) is 50.0 Å². The number of carbonyl (C=O) groups excluding carboxylic acids is 2. The van der Waals surface area contributed by atoms with Crippen molar-refractivity contribution in [2.24, 2.45) is 11.3 Å².